The Kier molecular flexibility index (Phi) is 3.19. The van der Waals surface area contributed by atoms with Crippen LogP contribution in [0.1, 0.15) is 25.3 Å². The van der Waals surface area contributed by atoms with Gasteiger partial charge in [-0.2, -0.15) is 11.3 Å². The maximum absolute atomic E-state index is 4.41. The Balaban J connectivity index is 2.61. The quantitative estimate of drug-likeness (QED) is 0.883. The molecule has 0 aromatic carbocycles. The van der Waals surface area contributed by atoms with E-state index in [0.717, 1.165) is 11.5 Å². The van der Waals surface area contributed by atoms with E-state index in [1.807, 2.05) is 7.05 Å². The summed E-state index contributed by atoms with van der Waals surface area (Å²) in [6.07, 6.45) is 1.62. The van der Waals surface area contributed by atoms with Crippen molar-refractivity contribution in [3.8, 4) is 11.3 Å². The zero-order chi connectivity index (χ0) is 11.5. The second-order valence-electron chi connectivity index (χ2n) is 3.90. The minimum absolute atomic E-state index is 0.401. The van der Waals surface area contributed by atoms with E-state index in [0.29, 0.717) is 5.92 Å². The Labute approximate surface area is 99.6 Å². The molecule has 2 aromatic rings. The molecule has 0 saturated heterocycles. The minimum Gasteiger partial charge on any atom is -0.373 e. The van der Waals surface area contributed by atoms with Crippen LogP contribution in [0.15, 0.2) is 23.2 Å². The predicted octanol–water partition coefficient (Wildman–Crippen LogP) is 3.37. The molecule has 0 radical (unpaired) electrons. The second-order valence-corrected chi connectivity index (χ2v) is 4.68. The lowest BCUT2D eigenvalue weighted by Gasteiger charge is -2.14. The molecule has 16 heavy (non-hydrogen) atoms. The SMILES string of the molecule is CNc1ncnc(-c2ccsc2)c1C(C)C. The largest absolute Gasteiger partial charge is 0.373 e. The molecule has 0 fully saturated rings. The lowest BCUT2D eigenvalue weighted by atomic mass is 9.99. The molecule has 0 spiro atoms. The first kappa shape index (κ1) is 11.1. The van der Waals surface area contributed by atoms with Gasteiger partial charge in [-0.15, -0.1) is 0 Å². The summed E-state index contributed by atoms with van der Waals surface area (Å²) in [4.78, 5) is 8.68. The van der Waals surface area contributed by atoms with Crippen molar-refractivity contribution in [1.82, 2.24) is 9.97 Å². The number of anilines is 1. The van der Waals surface area contributed by atoms with Gasteiger partial charge in [-0.05, 0) is 17.4 Å². The minimum atomic E-state index is 0.401. The molecule has 2 aromatic heterocycles. The fraction of sp³-hybridized carbons (Fsp3) is 0.333. The monoisotopic (exact) mass is 233 g/mol. The Morgan fingerprint density at radius 2 is 2.12 bits per heavy atom. The Morgan fingerprint density at radius 1 is 1.31 bits per heavy atom. The number of nitrogens with zero attached hydrogens (tertiary/aromatic N) is 2. The summed E-state index contributed by atoms with van der Waals surface area (Å²) in [5.41, 5.74) is 3.40. The van der Waals surface area contributed by atoms with Crippen LogP contribution in [0, 0.1) is 0 Å². The summed E-state index contributed by atoms with van der Waals surface area (Å²) in [5.74, 6) is 1.32. The molecule has 0 amide bonds. The lowest BCUT2D eigenvalue weighted by Crippen LogP contribution is -2.04. The van der Waals surface area contributed by atoms with E-state index in [2.05, 4.69) is 46.0 Å². The molecule has 2 heterocycles. The third-order valence-corrected chi connectivity index (χ3v) is 3.18. The van der Waals surface area contributed by atoms with Gasteiger partial charge in [-0.1, -0.05) is 13.8 Å². The van der Waals surface area contributed by atoms with E-state index in [-0.39, 0.29) is 0 Å². The van der Waals surface area contributed by atoms with Crippen LogP contribution in [0.4, 0.5) is 5.82 Å². The van der Waals surface area contributed by atoms with Crippen molar-refractivity contribution < 1.29 is 0 Å². The molecular weight excluding hydrogens is 218 g/mol. The second kappa shape index (κ2) is 4.61. The van der Waals surface area contributed by atoms with Crippen LogP contribution in [0.2, 0.25) is 0 Å². The summed E-state index contributed by atoms with van der Waals surface area (Å²) in [6, 6.07) is 2.10. The van der Waals surface area contributed by atoms with Crippen molar-refractivity contribution in [3.05, 3.63) is 28.7 Å². The third-order valence-electron chi connectivity index (χ3n) is 2.49. The maximum Gasteiger partial charge on any atom is 0.133 e. The molecule has 4 heteroatoms. The summed E-state index contributed by atoms with van der Waals surface area (Å²) in [6.45, 7) is 4.32. The van der Waals surface area contributed by atoms with Gasteiger partial charge >= 0.3 is 0 Å². The van der Waals surface area contributed by atoms with Crippen molar-refractivity contribution in [1.29, 1.82) is 0 Å². The average molecular weight is 233 g/mol. The number of nitrogens with one attached hydrogen (secondary N) is 1. The highest BCUT2D eigenvalue weighted by atomic mass is 32.1. The number of rotatable bonds is 3. The molecule has 0 saturated carbocycles. The molecule has 0 aliphatic heterocycles. The number of thiophene rings is 1. The molecule has 1 N–H and O–H groups in total. The van der Waals surface area contributed by atoms with Crippen molar-refractivity contribution in [2.75, 3.05) is 12.4 Å². The predicted molar refractivity (Wildman–Crippen MR) is 69.0 cm³/mol. The first-order valence-corrected chi connectivity index (χ1v) is 6.23. The van der Waals surface area contributed by atoms with Crippen LogP contribution in [-0.2, 0) is 0 Å². The normalized spacial score (nSPS) is 10.8. The van der Waals surface area contributed by atoms with Gasteiger partial charge in [0, 0.05) is 23.6 Å². The number of hydrogen-bond acceptors (Lipinski definition) is 4. The summed E-state index contributed by atoms with van der Waals surface area (Å²) in [5, 5.41) is 7.32. The molecule has 0 aliphatic carbocycles. The van der Waals surface area contributed by atoms with Gasteiger partial charge in [0.1, 0.15) is 12.1 Å². The zero-order valence-corrected chi connectivity index (χ0v) is 10.5. The third kappa shape index (κ3) is 1.93. The Hall–Kier alpha value is -1.42. The van der Waals surface area contributed by atoms with E-state index >= 15 is 0 Å². The van der Waals surface area contributed by atoms with Crippen molar-refractivity contribution in [2.45, 2.75) is 19.8 Å². The molecule has 3 nitrogen and oxygen atoms in total. The summed E-state index contributed by atoms with van der Waals surface area (Å²) in [7, 11) is 1.89. The smallest absolute Gasteiger partial charge is 0.133 e. The maximum atomic E-state index is 4.41. The standard InChI is InChI=1S/C12H15N3S/c1-8(2)10-11(9-4-5-16-6-9)14-7-15-12(10)13-3/h4-8H,1-3H3,(H,13,14,15). The van der Waals surface area contributed by atoms with Crippen LogP contribution in [0.3, 0.4) is 0 Å². The Morgan fingerprint density at radius 3 is 2.69 bits per heavy atom. The number of aromatic nitrogens is 2. The van der Waals surface area contributed by atoms with Gasteiger partial charge in [0.05, 0.1) is 5.69 Å². The van der Waals surface area contributed by atoms with Crippen molar-refractivity contribution in [3.63, 3.8) is 0 Å². The highest BCUT2D eigenvalue weighted by Gasteiger charge is 2.15. The highest BCUT2D eigenvalue weighted by molar-refractivity contribution is 7.08. The van der Waals surface area contributed by atoms with Gasteiger partial charge in [0.15, 0.2) is 0 Å². The van der Waals surface area contributed by atoms with E-state index in [1.165, 1.54) is 11.1 Å². The van der Waals surface area contributed by atoms with E-state index < -0.39 is 0 Å². The van der Waals surface area contributed by atoms with Crippen molar-refractivity contribution in [2.24, 2.45) is 0 Å². The molecular formula is C12H15N3S. The van der Waals surface area contributed by atoms with E-state index in [9.17, 15) is 0 Å². The number of hydrogen-bond donors (Lipinski definition) is 1. The van der Waals surface area contributed by atoms with Crippen LogP contribution in [0.25, 0.3) is 11.3 Å². The highest BCUT2D eigenvalue weighted by Crippen LogP contribution is 2.32. The molecule has 0 bridgehead atoms. The van der Waals surface area contributed by atoms with Crippen LogP contribution < -0.4 is 5.32 Å². The van der Waals surface area contributed by atoms with Gasteiger partial charge < -0.3 is 5.32 Å². The molecule has 0 aliphatic rings. The zero-order valence-electron chi connectivity index (χ0n) is 9.69. The van der Waals surface area contributed by atoms with Crippen LogP contribution in [0.5, 0.6) is 0 Å². The first-order valence-electron chi connectivity index (χ1n) is 5.29. The fourth-order valence-corrected chi connectivity index (χ4v) is 2.41. The summed E-state index contributed by atoms with van der Waals surface area (Å²) < 4.78 is 0. The van der Waals surface area contributed by atoms with E-state index in [4.69, 9.17) is 0 Å². The van der Waals surface area contributed by atoms with Crippen LogP contribution in [-0.4, -0.2) is 17.0 Å². The van der Waals surface area contributed by atoms with Gasteiger partial charge in [-0.3, -0.25) is 0 Å². The summed E-state index contributed by atoms with van der Waals surface area (Å²) >= 11 is 1.69. The first-order chi connectivity index (χ1) is 7.74. The van der Waals surface area contributed by atoms with Gasteiger partial charge in [0.2, 0.25) is 0 Å². The lowest BCUT2D eigenvalue weighted by molar-refractivity contribution is 0.852. The van der Waals surface area contributed by atoms with E-state index in [1.54, 1.807) is 17.7 Å². The molecule has 2 rings (SSSR count). The van der Waals surface area contributed by atoms with Crippen molar-refractivity contribution >= 4 is 17.2 Å². The van der Waals surface area contributed by atoms with Gasteiger partial charge in [-0.25, -0.2) is 9.97 Å². The molecule has 0 atom stereocenters. The Bertz CT molecular complexity index is 463. The topological polar surface area (TPSA) is 37.8 Å². The molecule has 84 valence electrons. The fourth-order valence-electron chi connectivity index (χ4n) is 1.77. The average Bonchev–Trinajstić information content (AvgIpc) is 2.81. The van der Waals surface area contributed by atoms with Crippen LogP contribution >= 0.6 is 11.3 Å². The molecule has 0 unspecified atom stereocenters. The van der Waals surface area contributed by atoms with Gasteiger partial charge in [0.25, 0.3) is 0 Å².